The van der Waals surface area contributed by atoms with Crippen LogP contribution in [-0.4, -0.2) is 49.6 Å². The first-order chi connectivity index (χ1) is 14.0. The zero-order valence-electron chi connectivity index (χ0n) is 17.1. The molecule has 1 aliphatic heterocycles. The van der Waals surface area contributed by atoms with Crippen LogP contribution >= 0.6 is 0 Å². The van der Waals surface area contributed by atoms with Crippen LogP contribution in [0.15, 0.2) is 53.5 Å². The van der Waals surface area contributed by atoms with Gasteiger partial charge in [0.2, 0.25) is 0 Å². The normalized spacial score (nSPS) is 15.3. The Morgan fingerprint density at radius 3 is 2.45 bits per heavy atom. The summed E-state index contributed by atoms with van der Waals surface area (Å²) in [5, 5.41) is 0. The molecule has 0 aliphatic carbocycles. The third-order valence-electron chi connectivity index (χ3n) is 5.83. The van der Waals surface area contributed by atoms with Crippen LogP contribution in [-0.2, 0) is 0 Å². The highest BCUT2D eigenvalue weighted by atomic mass is 19.1. The van der Waals surface area contributed by atoms with Crippen molar-refractivity contribution in [3.05, 3.63) is 64.8 Å². The summed E-state index contributed by atoms with van der Waals surface area (Å²) in [7, 11) is 5.69. The molecule has 3 heterocycles. The summed E-state index contributed by atoms with van der Waals surface area (Å²) in [6.45, 7) is 1.96. The van der Waals surface area contributed by atoms with Gasteiger partial charge in [-0.15, -0.1) is 0 Å². The van der Waals surface area contributed by atoms with Gasteiger partial charge in [-0.1, -0.05) is 6.07 Å². The molecule has 1 aromatic carbocycles. The number of hydrogen-bond acceptors (Lipinski definition) is 4. The minimum absolute atomic E-state index is 0.126. The van der Waals surface area contributed by atoms with Crippen LogP contribution in [0.1, 0.15) is 12.8 Å². The van der Waals surface area contributed by atoms with Gasteiger partial charge in [0.1, 0.15) is 0 Å². The van der Waals surface area contributed by atoms with Gasteiger partial charge in [-0.05, 0) is 68.4 Å². The fourth-order valence-electron chi connectivity index (χ4n) is 4.05. The number of aromatic nitrogens is 1. The Bertz CT molecular complexity index is 1090. The molecule has 3 aromatic rings. The third kappa shape index (κ3) is 3.85. The highest BCUT2D eigenvalue weighted by molar-refractivity contribution is 5.70. The second-order valence-corrected chi connectivity index (χ2v) is 7.80. The van der Waals surface area contributed by atoms with Gasteiger partial charge in [0, 0.05) is 36.9 Å². The number of pyridine rings is 2. The number of halogens is 1. The number of hydrogen-bond donors (Lipinski definition) is 0. The third-order valence-corrected chi connectivity index (χ3v) is 5.83. The van der Waals surface area contributed by atoms with Crippen LogP contribution in [0.25, 0.3) is 16.6 Å². The van der Waals surface area contributed by atoms with Crippen molar-refractivity contribution in [3.8, 4) is 16.9 Å². The Morgan fingerprint density at radius 2 is 1.79 bits per heavy atom. The number of nitrogens with zero attached hydrogens (tertiary/aromatic N) is 3. The van der Waals surface area contributed by atoms with E-state index in [4.69, 9.17) is 4.74 Å². The molecule has 0 amide bonds. The first-order valence-corrected chi connectivity index (χ1v) is 9.88. The standard InChI is InChI=1S/C23H26FN3O2/c1-25(2)18-8-10-26(11-9-18)20-6-5-19-12-17(14-23(28)27(19)15-20)16-4-7-22(29-3)21(24)13-16/h4-7,12-15,18H,8-11H2,1-3H3. The maximum absolute atomic E-state index is 14.1. The Kier molecular flexibility index (Phi) is 5.28. The molecule has 2 aromatic heterocycles. The van der Waals surface area contributed by atoms with Gasteiger partial charge in [0.25, 0.3) is 5.56 Å². The lowest BCUT2D eigenvalue weighted by molar-refractivity contribution is 0.249. The van der Waals surface area contributed by atoms with Crippen molar-refractivity contribution < 1.29 is 9.13 Å². The average Bonchev–Trinajstić information content (AvgIpc) is 2.73. The van der Waals surface area contributed by atoms with E-state index in [0.29, 0.717) is 17.2 Å². The SMILES string of the molecule is COc1ccc(-c2cc(=O)n3cc(N4CCC(N(C)C)CC4)ccc3c2)cc1F. The van der Waals surface area contributed by atoms with E-state index in [-0.39, 0.29) is 11.3 Å². The molecule has 0 N–H and O–H groups in total. The van der Waals surface area contributed by atoms with E-state index in [2.05, 4.69) is 30.0 Å². The molecule has 1 aliphatic rings. The quantitative estimate of drug-likeness (QED) is 0.676. The molecule has 0 saturated carbocycles. The number of ether oxygens (including phenoxy) is 1. The maximum Gasteiger partial charge on any atom is 0.255 e. The van der Waals surface area contributed by atoms with Crippen LogP contribution in [0, 0.1) is 5.82 Å². The maximum atomic E-state index is 14.1. The zero-order chi connectivity index (χ0) is 20.5. The van der Waals surface area contributed by atoms with Crippen LogP contribution in [0.4, 0.5) is 10.1 Å². The second-order valence-electron chi connectivity index (χ2n) is 7.80. The first kappa shape index (κ1) is 19.5. The van der Waals surface area contributed by atoms with Crippen molar-refractivity contribution in [2.75, 3.05) is 39.2 Å². The largest absolute Gasteiger partial charge is 0.494 e. The van der Waals surface area contributed by atoms with Crippen LogP contribution in [0.3, 0.4) is 0 Å². The predicted molar refractivity (Wildman–Crippen MR) is 115 cm³/mol. The van der Waals surface area contributed by atoms with Crippen molar-refractivity contribution in [2.45, 2.75) is 18.9 Å². The summed E-state index contributed by atoms with van der Waals surface area (Å²) in [4.78, 5) is 17.4. The highest BCUT2D eigenvalue weighted by Crippen LogP contribution is 2.27. The Hall–Kier alpha value is -2.86. The summed E-state index contributed by atoms with van der Waals surface area (Å²) >= 11 is 0. The average molecular weight is 395 g/mol. The summed E-state index contributed by atoms with van der Waals surface area (Å²) < 4.78 is 20.7. The van der Waals surface area contributed by atoms with E-state index < -0.39 is 5.82 Å². The number of methoxy groups -OCH3 is 1. The van der Waals surface area contributed by atoms with Crippen molar-refractivity contribution in [1.82, 2.24) is 9.30 Å². The molecule has 6 heteroatoms. The molecule has 29 heavy (non-hydrogen) atoms. The second kappa shape index (κ2) is 7.87. The topological polar surface area (TPSA) is 37.2 Å². The molecule has 0 unspecified atom stereocenters. The van der Waals surface area contributed by atoms with E-state index in [1.807, 2.05) is 18.3 Å². The summed E-state index contributed by atoms with van der Waals surface area (Å²) in [5.41, 5.74) is 3.06. The van der Waals surface area contributed by atoms with Crippen molar-refractivity contribution >= 4 is 11.2 Å². The van der Waals surface area contributed by atoms with Crippen LogP contribution in [0.2, 0.25) is 0 Å². The molecule has 1 saturated heterocycles. The van der Waals surface area contributed by atoms with Gasteiger partial charge in [-0.3, -0.25) is 9.20 Å². The summed E-state index contributed by atoms with van der Waals surface area (Å²) in [6, 6.07) is 12.8. The molecule has 1 fully saturated rings. The van der Waals surface area contributed by atoms with E-state index in [0.717, 1.165) is 37.1 Å². The molecule has 0 radical (unpaired) electrons. The Balaban J connectivity index is 1.64. The molecule has 4 rings (SSSR count). The lowest BCUT2D eigenvalue weighted by Gasteiger charge is -2.36. The smallest absolute Gasteiger partial charge is 0.255 e. The number of rotatable bonds is 4. The summed E-state index contributed by atoms with van der Waals surface area (Å²) in [5.74, 6) is -0.254. The van der Waals surface area contributed by atoms with Gasteiger partial charge >= 0.3 is 0 Å². The zero-order valence-corrected chi connectivity index (χ0v) is 17.1. The van der Waals surface area contributed by atoms with E-state index in [1.165, 1.54) is 13.2 Å². The van der Waals surface area contributed by atoms with Gasteiger partial charge in [0.15, 0.2) is 11.6 Å². The van der Waals surface area contributed by atoms with E-state index in [9.17, 15) is 9.18 Å². The fourth-order valence-corrected chi connectivity index (χ4v) is 4.05. The first-order valence-electron chi connectivity index (χ1n) is 9.88. The molecule has 0 atom stereocenters. The fraction of sp³-hybridized carbons (Fsp3) is 0.348. The molecule has 0 bridgehead atoms. The van der Waals surface area contributed by atoms with Crippen molar-refractivity contribution in [1.29, 1.82) is 0 Å². The van der Waals surface area contributed by atoms with Crippen molar-refractivity contribution in [3.63, 3.8) is 0 Å². The number of fused-ring (bicyclic) bond motifs is 1. The molecular weight excluding hydrogens is 369 g/mol. The van der Waals surface area contributed by atoms with E-state index in [1.54, 1.807) is 22.6 Å². The minimum Gasteiger partial charge on any atom is -0.494 e. The molecule has 0 spiro atoms. The minimum atomic E-state index is -0.443. The lowest BCUT2D eigenvalue weighted by atomic mass is 10.0. The number of piperidine rings is 1. The number of anilines is 1. The lowest BCUT2D eigenvalue weighted by Crippen LogP contribution is -2.42. The van der Waals surface area contributed by atoms with Gasteiger partial charge in [-0.25, -0.2) is 4.39 Å². The summed E-state index contributed by atoms with van der Waals surface area (Å²) in [6.07, 6.45) is 4.13. The molecular formula is C23H26FN3O2. The molecule has 152 valence electrons. The predicted octanol–water partition coefficient (Wildman–Crippen LogP) is 3.64. The number of benzene rings is 1. The van der Waals surface area contributed by atoms with E-state index >= 15 is 0 Å². The Morgan fingerprint density at radius 1 is 1.03 bits per heavy atom. The van der Waals surface area contributed by atoms with Crippen molar-refractivity contribution in [2.24, 2.45) is 0 Å². The Labute approximate surface area is 169 Å². The highest BCUT2D eigenvalue weighted by Gasteiger charge is 2.21. The molecule has 5 nitrogen and oxygen atoms in total. The van der Waals surface area contributed by atoms with Gasteiger partial charge in [-0.2, -0.15) is 0 Å². The van der Waals surface area contributed by atoms with Crippen LogP contribution in [0.5, 0.6) is 5.75 Å². The van der Waals surface area contributed by atoms with Gasteiger partial charge < -0.3 is 14.5 Å². The monoisotopic (exact) mass is 395 g/mol. The van der Waals surface area contributed by atoms with Crippen LogP contribution < -0.4 is 15.2 Å². The van der Waals surface area contributed by atoms with Gasteiger partial charge in [0.05, 0.1) is 12.8 Å².